The molecule has 0 saturated heterocycles. The van der Waals surface area contributed by atoms with Crippen LogP contribution in [-0.4, -0.2) is 16.9 Å². The van der Waals surface area contributed by atoms with E-state index in [1.165, 1.54) is 12.8 Å². The monoisotopic (exact) mass is 423 g/mol. The molecule has 5 heteroatoms. The van der Waals surface area contributed by atoms with Crippen molar-refractivity contribution in [3.8, 4) is 28.4 Å². The molecule has 2 aromatic heterocycles. The van der Waals surface area contributed by atoms with Crippen LogP contribution >= 0.6 is 0 Å². The van der Waals surface area contributed by atoms with Crippen molar-refractivity contribution in [2.75, 3.05) is 0 Å². The molecule has 1 fully saturated rings. The molecular formula is C27H25N3O2. The van der Waals surface area contributed by atoms with Crippen LogP contribution < -0.4 is 10.5 Å². The molecule has 1 aliphatic carbocycles. The number of pyridine rings is 1. The summed E-state index contributed by atoms with van der Waals surface area (Å²) in [6, 6.07) is 25.5. The average molecular weight is 424 g/mol. The van der Waals surface area contributed by atoms with Crippen LogP contribution in [0.1, 0.15) is 31.4 Å². The SMILES string of the molecule is NC(=Nc1ccc(-c2ccc(-c3ccccc3)o2)c(OC2CCCC2)c1)c1ccccn1. The van der Waals surface area contributed by atoms with Gasteiger partial charge < -0.3 is 14.9 Å². The summed E-state index contributed by atoms with van der Waals surface area (Å²) in [6.45, 7) is 0. The fourth-order valence-electron chi connectivity index (χ4n) is 4.02. The number of aliphatic imine (C=N–C) groups is 1. The van der Waals surface area contributed by atoms with Gasteiger partial charge in [-0.15, -0.1) is 0 Å². The summed E-state index contributed by atoms with van der Waals surface area (Å²) in [7, 11) is 0. The first kappa shape index (κ1) is 20.1. The van der Waals surface area contributed by atoms with E-state index in [4.69, 9.17) is 14.9 Å². The zero-order valence-electron chi connectivity index (χ0n) is 17.8. The van der Waals surface area contributed by atoms with Gasteiger partial charge >= 0.3 is 0 Å². The van der Waals surface area contributed by atoms with E-state index in [1.54, 1.807) is 6.20 Å². The number of aromatic nitrogens is 1. The number of hydrogen-bond acceptors (Lipinski definition) is 4. The normalized spacial score (nSPS) is 14.6. The highest BCUT2D eigenvalue weighted by Gasteiger charge is 2.20. The zero-order chi connectivity index (χ0) is 21.8. The van der Waals surface area contributed by atoms with Crippen molar-refractivity contribution < 1.29 is 9.15 Å². The Hall–Kier alpha value is -3.86. The summed E-state index contributed by atoms with van der Waals surface area (Å²) in [6.07, 6.45) is 6.45. The Balaban J connectivity index is 1.50. The van der Waals surface area contributed by atoms with Crippen LogP contribution in [0, 0.1) is 0 Å². The van der Waals surface area contributed by atoms with Gasteiger partial charge in [0.15, 0.2) is 0 Å². The third kappa shape index (κ3) is 4.42. The molecule has 0 bridgehead atoms. The molecule has 5 nitrogen and oxygen atoms in total. The number of amidine groups is 1. The molecule has 2 aromatic carbocycles. The second kappa shape index (κ2) is 9.10. The Labute approximate surface area is 187 Å². The van der Waals surface area contributed by atoms with Gasteiger partial charge in [0, 0.05) is 17.8 Å². The van der Waals surface area contributed by atoms with Crippen LogP contribution in [0.3, 0.4) is 0 Å². The molecule has 0 atom stereocenters. The molecule has 0 spiro atoms. The van der Waals surface area contributed by atoms with Crippen LogP contribution in [0.4, 0.5) is 5.69 Å². The standard InChI is InChI=1S/C27H25N3O2/c28-27(23-12-6-7-17-29-23)30-20-13-14-22(26(18-20)31-21-10-4-5-11-21)25-16-15-24(32-25)19-8-2-1-3-9-19/h1-3,6-9,12-18,21H,4-5,10-11H2,(H2,28,30). The fraction of sp³-hybridized carbons (Fsp3) is 0.185. The Morgan fingerprint density at radius 2 is 1.69 bits per heavy atom. The maximum atomic E-state index is 6.42. The van der Waals surface area contributed by atoms with Crippen molar-refractivity contribution >= 4 is 11.5 Å². The Bertz CT molecular complexity index is 1210. The summed E-state index contributed by atoms with van der Waals surface area (Å²) in [5.41, 5.74) is 9.51. The number of nitrogens with two attached hydrogens (primary N) is 1. The smallest absolute Gasteiger partial charge is 0.150 e. The molecule has 4 aromatic rings. The number of benzene rings is 2. The van der Waals surface area contributed by atoms with Crippen LogP contribution in [-0.2, 0) is 0 Å². The predicted octanol–water partition coefficient (Wildman–Crippen LogP) is 6.37. The van der Waals surface area contributed by atoms with Gasteiger partial charge in [0.05, 0.1) is 17.4 Å². The van der Waals surface area contributed by atoms with E-state index in [2.05, 4.69) is 9.98 Å². The molecule has 2 N–H and O–H groups in total. The molecule has 1 aliphatic rings. The van der Waals surface area contributed by atoms with E-state index in [9.17, 15) is 0 Å². The first-order valence-corrected chi connectivity index (χ1v) is 11.0. The minimum absolute atomic E-state index is 0.213. The molecular weight excluding hydrogens is 398 g/mol. The maximum Gasteiger partial charge on any atom is 0.150 e. The molecule has 2 heterocycles. The average Bonchev–Trinajstić information content (AvgIpc) is 3.53. The highest BCUT2D eigenvalue weighted by molar-refractivity contribution is 5.97. The third-order valence-corrected chi connectivity index (χ3v) is 5.67. The lowest BCUT2D eigenvalue weighted by Gasteiger charge is -2.16. The summed E-state index contributed by atoms with van der Waals surface area (Å²) >= 11 is 0. The number of nitrogens with zero attached hydrogens (tertiary/aromatic N) is 2. The van der Waals surface area contributed by atoms with Gasteiger partial charge in [-0.3, -0.25) is 4.98 Å². The van der Waals surface area contributed by atoms with Gasteiger partial charge in [-0.05, 0) is 62.1 Å². The van der Waals surface area contributed by atoms with Gasteiger partial charge in [0.1, 0.15) is 28.8 Å². The van der Waals surface area contributed by atoms with E-state index in [0.717, 1.165) is 46.9 Å². The third-order valence-electron chi connectivity index (χ3n) is 5.67. The molecule has 1 saturated carbocycles. The number of furan rings is 1. The first-order valence-electron chi connectivity index (χ1n) is 11.0. The number of rotatable bonds is 6. The largest absolute Gasteiger partial charge is 0.490 e. The minimum atomic E-state index is 0.213. The molecule has 0 aliphatic heterocycles. The van der Waals surface area contributed by atoms with Crippen LogP contribution in [0.2, 0.25) is 0 Å². The maximum absolute atomic E-state index is 6.42. The Kier molecular flexibility index (Phi) is 5.71. The summed E-state index contributed by atoms with van der Waals surface area (Å²) in [4.78, 5) is 8.85. The highest BCUT2D eigenvalue weighted by Crippen LogP contribution is 2.38. The van der Waals surface area contributed by atoms with Crippen molar-refractivity contribution in [3.63, 3.8) is 0 Å². The van der Waals surface area contributed by atoms with E-state index in [1.807, 2.05) is 78.9 Å². The van der Waals surface area contributed by atoms with Crippen molar-refractivity contribution in [1.82, 2.24) is 4.98 Å². The second-order valence-corrected chi connectivity index (χ2v) is 7.95. The van der Waals surface area contributed by atoms with Gasteiger partial charge in [-0.25, -0.2) is 4.99 Å². The lowest BCUT2D eigenvalue weighted by Crippen LogP contribution is -2.14. The highest BCUT2D eigenvalue weighted by atomic mass is 16.5. The van der Waals surface area contributed by atoms with Crippen molar-refractivity contribution in [1.29, 1.82) is 0 Å². The predicted molar refractivity (Wildman–Crippen MR) is 127 cm³/mol. The number of ether oxygens (including phenoxy) is 1. The van der Waals surface area contributed by atoms with Crippen LogP contribution in [0.25, 0.3) is 22.6 Å². The van der Waals surface area contributed by atoms with Crippen molar-refractivity contribution in [2.45, 2.75) is 31.8 Å². The Morgan fingerprint density at radius 1 is 0.906 bits per heavy atom. The van der Waals surface area contributed by atoms with E-state index >= 15 is 0 Å². The molecule has 5 rings (SSSR count). The molecule has 0 radical (unpaired) electrons. The molecule has 0 unspecified atom stereocenters. The summed E-state index contributed by atoms with van der Waals surface area (Å²) < 4.78 is 12.6. The molecule has 0 amide bonds. The van der Waals surface area contributed by atoms with E-state index in [0.29, 0.717) is 11.5 Å². The Morgan fingerprint density at radius 3 is 2.47 bits per heavy atom. The van der Waals surface area contributed by atoms with Crippen LogP contribution in [0.15, 0.2) is 94.5 Å². The zero-order valence-corrected chi connectivity index (χ0v) is 17.8. The van der Waals surface area contributed by atoms with Crippen molar-refractivity contribution in [2.24, 2.45) is 10.7 Å². The molecule has 32 heavy (non-hydrogen) atoms. The van der Waals surface area contributed by atoms with Gasteiger partial charge in [-0.2, -0.15) is 0 Å². The topological polar surface area (TPSA) is 73.6 Å². The van der Waals surface area contributed by atoms with Crippen molar-refractivity contribution in [3.05, 3.63) is 90.8 Å². The van der Waals surface area contributed by atoms with Gasteiger partial charge in [0.2, 0.25) is 0 Å². The second-order valence-electron chi connectivity index (χ2n) is 7.95. The minimum Gasteiger partial charge on any atom is -0.490 e. The van der Waals surface area contributed by atoms with E-state index in [-0.39, 0.29) is 6.10 Å². The lowest BCUT2D eigenvalue weighted by atomic mass is 10.1. The van der Waals surface area contributed by atoms with Crippen LogP contribution in [0.5, 0.6) is 5.75 Å². The number of hydrogen-bond donors (Lipinski definition) is 1. The van der Waals surface area contributed by atoms with Gasteiger partial charge in [0.25, 0.3) is 0 Å². The quantitative estimate of drug-likeness (QED) is 0.289. The fourth-order valence-corrected chi connectivity index (χ4v) is 4.02. The summed E-state index contributed by atoms with van der Waals surface area (Å²) in [5.74, 6) is 2.73. The van der Waals surface area contributed by atoms with E-state index < -0.39 is 0 Å². The molecule has 160 valence electrons. The summed E-state index contributed by atoms with van der Waals surface area (Å²) in [5, 5.41) is 0. The van der Waals surface area contributed by atoms with Gasteiger partial charge in [-0.1, -0.05) is 36.4 Å². The first-order chi connectivity index (χ1) is 15.8. The lowest BCUT2D eigenvalue weighted by molar-refractivity contribution is 0.211.